The molecule has 5 rings (SSSR count). The first-order chi connectivity index (χ1) is 11.8. The summed E-state index contributed by atoms with van der Waals surface area (Å²) in [6.45, 7) is 0. The predicted octanol–water partition coefficient (Wildman–Crippen LogP) is 4.92. The van der Waals surface area contributed by atoms with Gasteiger partial charge < -0.3 is 4.74 Å². The van der Waals surface area contributed by atoms with Crippen molar-refractivity contribution in [2.75, 3.05) is 0 Å². The molecular weight excluding hydrogens is 320 g/mol. The summed E-state index contributed by atoms with van der Waals surface area (Å²) in [7, 11) is 0. The van der Waals surface area contributed by atoms with E-state index in [-0.39, 0.29) is 17.3 Å². The molecule has 116 valence electrons. The van der Waals surface area contributed by atoms with Crippen molar-refractivity contribution in [1.29, 1.82) is 0 Å². The Morgan fingerprint density at radius 1 is 0.917 bits per heavy atom. The van der Waals surface area contributed by atoms with Crippen molar-refractivity contribution in [1.82, 2.24) is 9.97 Å². The number of aromatic nitrogens is 2. The molecule has 2 unspecified atom stereocenters. The Balaban J connectivity index is 1.74. The normalized spacial score (nSPS) is 20.7. The lowest BCUT2D eigenvalue weighted by molar-refractivity contribution is 0.260. The molecule has 3 aromatic rings. The highest BCUT2D eigenvalue weighted by atomic mass is 35.5. The van der Waals surface area contributed by atoms with Crippen LogP contribution >= 0.6 is 11.6 Å². The molecule has 0 saturated carbocycles. The van der Waals surface area contributed by atoms with Crippen LogP contribution in [0.25, 0.3) is 22.0 Å². The summed E-state index contributed by atoms with van der Waals surface area (Å²) in [6.07, 6.45) is 8.19. The van der Waals surface area contributed by atoms with E-state index in [1.54, 1.807) is 0 Å². The molecule has 2 aromatic carbocycles. The molecular formula is C20H13ClN2O. The van der Waals surface area contributed by atoms with Crippen molar-refractivity contribution in [2.45, 2.75) is 12.0 Å². The van der Waals surface area contributed by atoms with Crippen LogP contribution < -0.4 is 4.74 Å². The van der Waals surface area contributed by atoms with E-state index in [0.29, 0.717) is 5.88 Å². The topological polar surface area (TPSA) is 35.0 Å². The second kappa shape index (κ2) is 5.18. The highest BCUT2D eigenvalue weighted by molar-refractivity contribution is 6.28. The number of ether oxygens (including phenoxy) is 1. The molecule has 2 aliphatic rings. The zero-order valence-corrected chi connectivity index (χ0v) is 13.4. The van der Waals surface area contributed by atoms with Crippen LogP contribution in [0.15, 0.2) is 66.8 Å². The first-order valence-electron chi connectivity index (χ1n) is 7.88. The van der Waals surface area contributed by atoms with Crippen molar-refractivity contribution in [3.8, 4) is 17.1 Å². The highest BCUT2D eigenvalue weighted by Crippen LogP contribution is 2.45. The van der Waals surface area contributed by atoms with E-state index in [1.807, 2.05) is 30.4 Å². The van der Waals surface area contributed by atoms with Crippen LogP contribution in [0, 0.1) is 0 Å². The summed E-state index contributed by atoms with van der Waals surface area (Å²) >= 11 is 6.16. The first-order valence-corrected chi connectivity index (χ1v) is 8.26. The van der Waals surface area contributed by atoms with Crippen LogP contribution in [0.4, 0.5) is 0 Å². The Labute approximate surface area is 144 Å². The van der Waals surface area contributed by atoms with Crippen molar-refractivity contribution < 1.29 is 4.74 Å². The largest absolute Gasteiger partial charge is 0.469 e. The minimum absolute atomic E-state index is 0.0306. The zero-order chi connectivity index (χ0) is 16.1. The lowest BCUT2D eigenvalue weighted by Crippen LogP contribution is -2.16. The van der Waals surface area contributed by atoms with E-state index < -0.39 is 0 Å². The summed E-state index contributed by atoms with van der Waals surface area (Å²) in [4.78, 5) is 8.82. The molecule has 0 radical (unpaired) electrons. The van der Waals surface area contributed by atoms with Gasteiger partial charge in [-0.25, -0.2) is 4.98 Å². The van der Waals surface area contributed by atoms with Crippen molar-refractivity contribution in [2.24, 2.45) is 0 Å². The van der Waals surface area contributed by atoms with Crippen molar-refractivity contribution in [3.05, 3.63) is 77.6 Å². The molecule has 0 N–H and O–H groups in total. The van der Waals surface area contributed by atoms with Gasteiger partial charge in [-0.15, -0.1) is 0 Å². The van der Waals surface area contributed by atoms with Gasteiger partial charge in [0.2, 0.25) is 11.2 Å². The standard InChI is InChI=1S/C20H13ClN2O/c21-20-22-18(14-10-9-12-5-1-2-6-13(12)11-14)17-15-7-3-4-8-16(15)24-19(17)23-20/h1-11,15-16H. The Bertz CT molecular complexity index is 1030. The lowest BCUT2D eigenvalue weighted by atomic mass is 9.89. The maximum Gasteiger partial charge on any atom is 0.226 e. The number of nitrogens with zero attached hydrogens (tertiary/aromatic N) is 2. The van der Waals surface area contributed by atoms with Gasteiger partial charge >= 0.3 is 0 Å². The molecule has 24 heavy (non-hydrogen) atoms. The fourth-order valence-corrected chi connectivity index (χ4v) is 3.62. The number of allylic oxidation sites excluding steroid dienone is 2. The number of hydrogen-bond donors (Lipinski definition) is 0. The molecule has 1 aliphatic carbocycles. The third-order valence-electron chi connectivity index (χ3n) is 4.57. The van der Waals surface area contributed by atoms with Gasteiger partial charge in [0, 0.05) is 5.56 Å². The van der Waals surface area contributed by atoms with E-state index >= 15 is 0 Å². The van der Waals surface area contributed by atoms with Crippen LogP contribution in [-0.2, 0) is 0 Å². The summed E-state index contributed by atoms with van der Waals surface area (Å²) in [5.74, 6) is 0.716. The fraction of sp³-hybridized carbons (Fsp3) is 0.100. The Hall–Kier alpha value is -2.65. The van der Waals surface area contributed by atoms with Crippen LogP contribution in [0.2, 0.25) is 5.28 Å². The molecule has 0 bridgehead atoms. The number of halogens is 1. The molecule has 2 atom stereocenters. The van der Waals surface area contributed by atoms with Gasteiger partial charge in [0.15, 0.2) is 0 Å². The maximum absolute atomic E-state index is 6.16. The average Bonchev–Trinajstić information content (AvgIpc) is 2.98. The number of hydrogen-bond acceptors (Lipinski definition) is 3. The third kappa shape index (κ3) is 2.05. The van der Waals surface area contributed by atoms with Crippen LogP contribution in [-0.4, -0.2) is 16.1 Å². The summed E-state index contributed by atoms with van der Waals surface area (Å²) in [5, 5.41) is 2.59. The minimum atomic E-state index is -0.0306. The number of benzene rings is 2. The maximum atomic E-state index is 6.16. The van der Waals surface area contributed by atoms with Crippen molar-refractivity contribution in [3.63, 3.8) is 0 Å². The molecule has 0 saturated heterocycles. The quantitative estimate of drug-likeness (QED) is 0.593. The summed E-state index contributed by atoms with van der Waals surface area (Å²) < 4.78 is 5.97. The average molecular weight is 333 g/mol. The van der Waals surface area contributed by atoms with Gasteiger partial charge in [0.1, 0.15) is 6.10 Å². The summed E-state index contributed by atoms with van der Waals surface area (Å²) in [5.41, 5.74) is 2.89. The monoisotopic (exact) mass is 332 g/mol. The second-order valence-corrected chi connectivity index (χ2v) is 6.34. The van der Waals surface area contributed by atoms with Gasteiger partial charge in [-0.2, -0.15) is 4.98 Å². The van der Waals surface area contributed by atoms with Crippen LogP contribution in [0.3, 0.4) is 0 Å². The smallest absolute Gasteiger partial charge is 0.226 e. The molecule has 1 aromatic heterocycles. The third-order valence-corrected chi connectivity index (χ3v) is 4.74. The van der Waals surface area contributed by atoms with Gasteiger partial charge in [0.05, 0.1) is 17.2 Å². The van der Waals surface area contributed by atoms with Gasteiger partial charge in [-0.1, -0.05) is 54.6 Å². The number of rotatable bonds is 1. The number of fused-ring (bicyclic) bond motifs is 4. The van der Waals surface area contributed by atoms with Crippen LogP contribution in [0.5, 0.6) is 5.88 Å². The minimum Gasteiger partial charge on any atom is -0.469 e. The zero-order valence-electron chi connectivity index (χ0n) is 12.7. The molecule has 0 spiro atoms. The van der Waals surface area contributed by atoms with Crippen LogP contribution in [0.1, 0.15) is 11.5 Å². The SMILES string of the molecule is Clc1nc2c(c(-c3ccc4ccccc4c3)n1)C1C=CC=CC1O2. The Morgan fingerprint density at radius 3 is 2.67 bits per heavy atom. The lowest BCUT2D eigenvalue weighted by Gasteiger charge is -2.15. The van der Waals surface area contributed by atoms with E-state index in [9.17, 15) is 0 Å². The Kier molecular flexibility index (Phi) is 2.97. The van der Waals surface area contributed by atoms with E-state index in [2.05, 4.69) is 46.4 Å². The molecule has 0 amide bonds. The molecule has 3 nitrogen and oxygen atoms in total. The first kappa shape index (κ1) is 13.8. The van der Waals surface area contributed by atoms with Gasteiger partial charge in [0.25, 0.3) is 0 Å². The fourth-order valence-electron chi connectivity index (χ4n) is 3.46. The summed E-state index contributed by atoms with van der Waals surface area (Å²) in [6, 6.07) is 14.6. The molecule has 1 aliphatic heterocycles. The molecule has 4 heteroatoms. The van der Waals surface area contributed by atoms with Gasteiger partial charge in [-0.3, -0.25) is 0 Å². The van der Waals surface area contributed by atoms with E-state index in [4.69, 9.17) is 16.3 Å². The molecule has 0 fully saturated rings. The second-order valence-electron chi connectivity index (χ2n) is 6.00. The van der Waals surface area contributed by atoms with E-state index in [0.717, 1.165) is 16.8 Å². The van der Waals surface area contributed by atoms with Crippen molar-refractivity contribution >= 4 is 22.4 Å². The molecule has 2 heterocycles. The highest BCUT2D eigenvalue weighted by Gasteiger charge is 2.36. The van der Waals surface area contributed by atoms with Gasteiger partial charge in [-0.05, 0) is 34.5 Å². The predicted molar refractivity (Wildman–Crippen MR) is 95.4 cm³/mol. The van der Waals surface area contributed by atoms with E-state index in [1.165, 1.54) is 10.8 Å². The Morgan fingerprint density at radius 2 is 1.75 bits per heavy atom.